The highest BCUT2D eigenvalue weighted by Crippen LogP contribution is 2.33. The number of benzene rings is 1. The third-order valence-electron chi connectivity index (χ3n) is 3.53. The van der Waals surface area contributed by atoms with Crippen molar-refractivity contribution >= 4 is 37.6 Å². The van der Waals surface area contributed by atoms with E-state index in [0.29, 0.717) is 16.4 Å². The summed E-state index contributed by atoms with van der Waals surface area (Å²) in [7, 11) is -2.32. The molecule has 2 heterocycles. The van der Waals surface area contributed by atoms with Crippen LogP contribution in [0.15, 0.2) is 52.2 Å². The maximum atomic E-state index is 13.3. The zero-order chi connectivity index (χ0) is 20.5. The number of nitrogens with one attached hydrogen (secondary N) is 2. The molecule has 0 radical (unpaired) electrons. The summed E-state index contributed by atoms with van der Waals surface area (Å²) in [5, 5.41) is 6.57. The Morgan fingerprint density at radius 1 is 1.14 bits per heavy atom. The summed E-state index contributed by atoms with van der Waals surface area (Å²) < 4.78 is 66.9. The Balaban J connectivity index is 1.95. The second-order valence-corrected chi connectivity index (χ2v) is 8.19. The van der Waals surface area contributed by atoms with Crippen molar-refractivity contribution in [3.8, 4) is 5.82 Å². The van der Waals surface area contributed by atoms with E-state index >= 15 is 0 Å². The zero-order valence-corrected chi connectivity index (χ0v) is 16.5. The second-order valence-electron chi connectivity index (χ2n) is 5.39. The molecule has 28 heavy (non-hydrogen) atoms. The average molecular weight is 477 g/mol. The number of nitrogens with zero attached hydrogens (tertiary/aromatic N) is 4. The molecule has 0 saturated heterocycles. The fraction of sp³-hybridized carbons (Fsp3) is 0.133. The Morgan fingerprint density at radius 3 is 2.36 bits per heavy atom. The lowest BCUT2D eigenvalue weighted by Gasteiger charge is -2.13. The second kappa shape index (κ2) is 7.48. The van der Waals surface area contributed by atoms with Crippen LogP contribution in [0.1, 0.15) is 5.56 Å². The highest BCUT2D eigenvalue weighted by atomic mass is 79.9. The van der Waals surface area contributed by atoms with Gasteiger partial charge in [-0.3, -0.25) is 0 Å². The standard InChI is InChI=1S/C15H12BrF3N6O2S/c1-20-28(26,27)11-4-2-10(3-5-11)23-14-21-7-12(15(17,18)19)13(24-14)25-8-9(16)6-22-25/h2-8,20H,1H3,(H,21,23,24). The van der Waals surface area contributed by atoms with Gasteiger partial charge in [0.2, 0.25) is 16.0 Å². The van der Waals surface area contributed by atoms with Gasteiger partial charge in [-0.05, 0) is 47.2 Å². The molecular formula is C15H12BrF3N6O2S. The van der Waals surface area contributed by atoms with Crippen LogP contribution in [0.25, 0.3) is 5.82 Å². The van der Waals surface area contributed by atoms with Gasteiger partial charge in [0.15, 0.2) is 5.82 Å². The molecule has 2 N–H and O–H groups in total. The highest BCUT2D eigenvalue weighted by molar-refractivity contribution is 9.10. The van der Waals surface area contributed by atoms with Crippen molar-refractivity contribution in [2.75, 3.05) is 12.4 Å². The van der Waals surface area contributed by atoms with Gasteiger partial charge in [-0.1, -0.05) is 0 Å². The predicted molar refractivity (Wildman–Crippen MR) is 97.8 cm³/mol. The molecule has 148 valence electrons. The summed E-state index contributed by atoms with van der Waals surface area (Å²) in [5.74, 6) is -0.566. The first kappa shape index (κ1) is 20.2. The third kappa shape index (κ3) is 4.31. The van der Waals surface area contributed by atoms with Gasteiger partial charge in [0.1, 0.15) is 5.56 Å². The molecule has 0 aliphatic rings. The molecular weight excluding hydrogens is 465 g/mol. The summed E-state index contributed by atoms with van der Waals surface area (Å²) in [6, 6.07) is 5.55. The molecule has 0 fully saturated rings. The molecule has 3 aromatic rings. The Morgan fingerprint density at radius 2 is 1.82 bits per heavy atom. The smallest absolute Gasteiger partial charge is 0.324 e. The normalized spacial score (nSPS) is 12.2. The van der Waals surface area contributed by atoms with E-state index in [1.807, 2.05) is 0 Å². The van der Waals surface area contributed by atoms with Crippen molar-refractivity contribution in [2.45, 2.75) is 11.1 Å². The first-order valence-corrected chi connectivity index (χ1v) is 9.83. The van der Waals surface area contributed by atoms with E-state index in [1.54, 1.807) is 0 Å². The molecule has 8 nitrogen and oxygen atoms in total. The van der Waals surface area contributed by atoms with Crippen LogP contribution in [0.2, 0.25) is 0 Å². The van der Waals surface area contributed by atoms with Gasteiger partial charge in [0.25, 0.3) is 0 Å². The van der Waals surface area contributed by atoms with Crippen LogP contribution in [-0.4, -0.2) is 35.2 Å². The van der Waals surface area contributed by atoms with Crippen molar-refractivity contribution in [3.05, 3.63) is 52.9 Å². The Bertz CT molecular complexity index is 1100. The number of halogens is 4. The molecule has 0 aliphatic carbocycles. The van der Waals surface area contributed by atoms with Crippen molar-refractivity contribution in [3.63, 3.8) is 0 Å². The molecule has 0 aliphatic heterocycles. The van der Waals surface area contributed by atoms with E-state index in [9.17, 15) is 21.6 Å². The average Bonchev–Trinajstić information content (AvgIpc) is 3.07. The first-order chi connectivity index (χ1) is 13.1. The van der Waals surface area contributed by atoms with Gasteiger partial charge < -0.3 is 5.32 Å². The van der Waals surface area contributed by atoms with E-state index in [2.05, 4.69) is 41.0 Å². The lowest BCUT2D eigenvalue weighted by atomic mass is 10.3. The van der Waals surface area contributed by atoms with Gasteiger partial charge in [-0.25, -0.2) is 22.8 Å². The number of aromatic nitrogens is 4. The van der Waals surface area contributed by atoms with Crippen molar-refractivity contribution in [1.29, 1.82) is 0 Å². The molecule has 0 spiro atoms. The van der Waals surface area contributed by atoms with Crippen LogP contribution in [0.4, 0.5) is 24.8 Å². The number of sulfonamides is 1. The molecule has 0 unspecified atom stereocenters. The molecule has 0 bridgehead atoms. The van der Waals surface area contributed by atoms with Crippen LogP contribution in [-0.2, 0) is 16.2 Å². The molecule has 0 saturated carbocycles. The number of alkyl halides is 3. The van der Waals surface area contributed by atoms with E-state index in [4.69, 9.17) is 0 Å². The van der Waals surface area contributed by atoms with Crippen molar-refractivity contribution < 1.29 is 21.6 Å². The van der Waals surface area contributed by atoms with Crippen molar-refractivity contribution in [1.82, 2.24) is 24.5 Å². The Hall–Kier alpha value is -2.51. The van der Waals surface area contributed by atoms with Gasteiger partial charge in [0.05, 0.1) is 15.6 Å². The number of hydrogen-bond donors (Lipinski definition) is 2. The molecule has 3 rings (SSSR count). The zero-order valence-electron chi connectivity index (χ0n) is 14.1. The summed E-state index contributed by atoms with van der Waals surface area (Å²) in [5.41, 5.74) is -0.661. The van der Waals surface area contributed by atoms with Gasteiger partial charge in [-0.15, -0.1) is 0 Å². The molecule has 13 heteroatoms. The number of anilines is 2. The fourth-order valence-electron chi connectivity index (χ4n) is 2.19. The highest BCUT2D eigenvalue weighted by Gasteiger charge is 2.36. The van der Waals surface area contributed by atoms with Crippen LogP contribution in [0, 0.1) is 0 Å². The largest absolute Gasteiger partial charge is 0.421 e. The Kier molecular flexibility index (Phi) is 5.41. The minimum atomic E-state index is -4.67. The predicted octanol–water partition coefficient (Wildman–Crippen LogP) is 3.10. The molecule has 1 aromatic carbocycles. The number of hydrogen-bond acceptors (Lipinski definition) is 6. The maximum Gasteiger partial charge on any atom is 0.421 e. The third-order valence-corrected chi connectivity index (χ3v) is 5.37. The van der Waals surface area contributed by atoms with E-state index < -0.39 is 27.6 Å². The van der Waals surface area contributed by atoms with Gasteiger partial charge in [0, 0.05) is 18.1 Å². The van der Waals surface area contributed by atoms with Crippen LogP contribution < -0.4 is 10.0 Å². The topological polar surface area (TPSA) is 102 Å². The monoisotopic (exact) mass is 476 g/mol. The molecule has 0 atom stereocenters. The van der Waals surface area contributed by atoms with Crippen LogP contribution in [0.5, 0.6) is 0 Å². The molecule has 0 amide bonds. The van der Waals surface area contributed by atoms with Crippen LogP contribution >= 0.6 is 15.9 Å². The minimum Gasteiger partial charge on any atom is -0.324 e. The van der Waals surface area contributed by atoms with Crippen molar-refractivity contribution in [2.24, 2.45) is 0 Å². The summed E-state index contributed by atoms with van der Waals surface area (Å²) in [6.45, 7) is 0. The summed E-state index contributed by atoms with van der Waals surface area (Å²) in [6.07, 6.45) is -1.36. The minimum absolute atomic E-state index is 0.0379. The fourth-order valence-corrected chi connectivity index (χ4v) is 3.20. The summed E-state index contributed by atoms with van der Waals surface area (Å²) in [4.78, 5) is 7.65. The van der Waals surface area contributed by atoms with E-state index in [-0.39, 0.29) is 10.8 Å². The lowest BCUT2D eigenvalue weighted by Crippen LogP contribution is -2.18. The van der Waals surface area contributed by atoms with E-state index in [1.165, 1.54) is 43.7 Å². The van der Waals surface area contributed by atoms with Gasteiger partial charge in [-0.2, -0.15) is 23.3 Å². The SMILES string of the molecule is CNS(=O)(=O)c1ccc(Nc2ncc(C(F)(F)F)c(-n3cc(Br)cn3)n2)cc1. The quantitative estimate of drug-likeness (QED) is 0.586. The molecule has 2 aromatic heterocycles. The van der Waals surface area contributed by atoms with Crippen LogP contribution in [0.3, 0.4) is 0 Å². The Labute approximate surface area is 166 Å². The van der Waals surface area contributed by atoms with E-state index in [0.717, 1.165) is 4.68 Å². The summed E-state index contributed by atoms with van der Waals surface area (Å²) >= 11 is 3.13. The maximum absolute atomic E-state index is 13.3. The lowest BCUT2D eigenvalue weighted by molar-refractivity contribution is -0.138. The number of rotatable bonds is 5. The first-order valence-electron chi connectivity index (χ1n) is 7.55. The van der Waals surface area contributed by atoms with Gasteiger partial charge >= 0.3 is 6.18 Å².